The Morgan fingerprint density at radius 1 is 1.32 bits per heavy atom. The molecule has 2 saturated heterocycles. The molecule has 0 bridgehead atoms. The number of hydrogen-bond donors (Lipinski definition) is 1. The summed E-state index contributed by atoms with van der Waals surface area (Å²) in [6.07, 6.45) is 2.52. The first kappa shape index (κ1) is 12.6. The van der Waals surface area contributed by atoms with Gasteiger partial charge in [0.2, 0.25) is 0 Å². The van der Waals surface area contributed by atoms with Gasteiger partial charge in [0, 0.05) is 13.1 Å². The van der Waals surface area contributed by atoms with E-state index < -0.39 is 6.61 Å². The number of nitrogens with one attached hydrogen (secondary N) is 1. The van der Waals surface area contributed by atoms with Crippen LogP contribution in [0.3, 0.4) is 0 Å². The molecule has 1 N–H and O–H groups in total. The maximum Gasteiger partial charge on any atom is 0.387 e. The summed E-state index contributed by atoms with van der Waals surface area (Å²) < 4.78 is 28.4. The van der Waals surface area contributed by atoms with Gasteiger partial charge in [-0.2, -0.15) is 8.78 Å². The van der Waals surface area contributed by atoms with E-state index in [4.69, 9.17) is 0 Å². The highest BCUT2D eigenvalue weighted by atomic mass is 19.3. The highest BCUT2D eigenvalue weighted by Gasteiger charge is 2.33. The molecule has 3 heterocycles. The number of anilines is 1. The molecular weight excluding hydrogens is 252 g/mol. The van der Waals surface area contributed by atoms with Crippen LogP contribution in [0.1, 0.15) is 6.42 Å². The fourth-order valence-electron chi connectivity index (χ4n) is 2.98. The lowest BCUT2D eigenvalue weighted by Crippen LogP contribution is -2.40. The molecule has 104 valence electrons. The summed E-state index contributed by atoms with van der Waals surface area (Å²) in [7, 11) is 0. The summed E-state index contributed by atoms with van der Waals surface area (Å²) in [5, 5.41) is 3.42. The Hall–Kier alpha value is -1.43. The van der Waals surface area contributed by atoms with Crippen LogP contribution in [0, 0.1) is 11.8 Å². The van der Waals surface area contributed by atoms with Gasteiger partial charge in [-0.15, -0.1) is 0 Å². The van der Waals surface area contributed by atoms with Gasteiger partial charge in [0.15, 0.2) is 0 Å². The number of piperidine rings is 1. The molecule has 1 aromatic heterocycles. The Labute approximate surface area is 110 Å². The molecule has 0 amide bonds. The van der Waals surface area contributed by atoms with Gasteiger partial charge in [0.25, 0.3) is 0 Å². The number of rotatable bonds is 3. The number of ether oxygens (including phenoxy) is 1. The van der Waals surface area contributed by atoms with Crippen LogP contribution in [-0.2, 0) is 0 Å². The third kappa shape index (κ3) is 2.78. The molecule has 2 aliphatic rings. The highest BCUT2D eigenvalue weighted by Crippen LogP contribution is 2.29. The van der Waals surface area contributed by atoms with Crippen LogP contribution in [0.15, 0.2) is 18.3 Å². The highest BCUT2D eigenvalue weighted by molar-refractivity contribution is 5.41. The molecule has 19 heavy (non-hydrogen) atoms. The zero-order valence-electron chi connectivity index (χ0n) is 10.6. The molecule has 2 unspecified atom stereocenters. The molecule has 0 spiro atoms. The average Bonchev–Trinajstić information content (AvgIpc) is 2.86. The van der Waals surface area contributed by atoms with Gasteiger partial charge < -0.3 is 15.0 Å². The Bertz CT molecular complexity index is 426. The molecule has 2 fully saturated rings. The van der Waals surface area contributed by atoms with Crippen LogP contribution in [0.5, 0.6) is 5.75 Å². The smallest absolute Gasteiger partial charge is 0.387 e. The summed E-state index contributed by atoms with van der Waals surface area (Å²) in [6.45, 7) is 1.35. The molecule has 3 rings (SSSR count). The number of pyridine rings is 1. The standard InChI is InChI=1S/C13H17F2N3O/c14-13(15)19-11-1-2-12(17-7-11)18-4-3-9-5-16-6-10(9)8-18/h1-2,7,9-10,13,16H,3-6,8H2. The largest absolute Gasteiger partial charge is 0.433 e. The molecule has 0 aliphatic carbocycles. The second kappa shape index (κ2) is 5.28. The van der Waals surface area contributed by atoms with Crippen molar-refractivity contribution in [3.8, 4) is 5.75 Å². The van der Waals surface area contributed by atoms with E-state index in [2.05, 4.69) is 19.9 Å². The molecule has 0 saturated carbocycles. The molecule has 0 radical (unpaired) electrons. The number of hydrogen-bond acceptors (Lipinski definition) is 4. The van der Waals surface area contributed by atoms with Crippen molar-refractivity contribution in [1.29, 1.82) is 0 Å². The van der Waals surface area contributed by atoms with Crippen LogP contribution in [-0.4, -0.2) is 37.8 Å². The predicted molar refractivity (Wildman–Crippen MR) is 67.5 cm³/mol. The minimum Gasteiger partial charge on any atom is -0.433 e. The number of nitrogens with zero attached hydrogens (tertiary/aromatic N) is 2. The minimum atomic E-state index is -2.80. The van der Waals surface area contributed by atoms with Gasteiger partial charge in [-0.05, 0) is 43.5 Å². The zero-order valence-corrected chi connectivity index (χ0v) is 10.6. The molecule has 2 atom stereocenters. The lowest BCUT2D eigenvalue weighted by atomic mass is 9.89. The van der Waals surface area contributed by atoms with Gasteiger partial charge in [-0.25, -0.2) is 4.98 Å². The molecule has 0 aromatic carbocycles. The number of alkyl halides is 2. The Morgan fingerprint density at radius 2 is 2.16 bits per heavy atom. The maximum atomic E-state index is 12.1. The topological polar surface area (TPSA) is 37.4 Å². The molecular formula is C13H17F2N3O. The summed E-state index contributed by atoms with van der Waals surface area (Å²) >= 11 is 0. The second-order valence-corrected chi connectivity index (χ2v) is 5.14. The van der Waals surface area contributed by atoms with Gasteiger partial charge in [-0.3, -0.25) is 0 Å². The van der Waals surface area contributed by atoms with E-state index in [0.29, 0.717) is 5.92 Å². The molecule has 2 aliphatic heterocycles. The number of fused-ring (bicyclic) bond motifs is 1. The molecule has 6 heteroatoms. The van der Waals surface area contributed by atoms with E-state index >= 15 is 0 Å². The summed E-state index contributed by atoms with van der Waals surface area (Å²) in [5.41, 5.74) is 0. The third-order valence-electron chi connectivity index (χ3n) is 3.97. The van der Waals surface area contributed by atoms with Gasteiger partial charge >= 0.3 is 6.61 Å². The second-order valence-electron chi connectivity index (χ2n) is 5.14. The van der Waals surface area contributed by atoms with E-state index in [-0.39, 0.29) is 5.75 Å². The van der Waals surface area contributed by atoms with E-state index in [9.17, 15) is 8.78 Å². The van der Waals surface area contributed by atoms with Crippen molar-refractivity contribution < 1.29 is 13.5 Å². The number of halogens is 2. The molecule has 1 aromatic rings. The van der Waals surface area contributed by atoms with E-state index in [1.165, 1.54) is 6.20 Å². The van der Waals surface area contributed by atoms with Crippen LogP contribution in [0.25, 0.3) is 0 Å². The lowest BCUT2D eigenvalue weighted by molar-refractivity contribution is -0.0500. The Kier molecular flexibility index (Phi) is 3.50. The van der Waals surface area contributed by atoms with Crippen molar-refractivity contribution in [1.82, 2.24) is 10.3 Å². The quantitative estimate of drug-likeness (QED) is 0.907. The average molecular weight is 269 g/mol. The van der Waals surface area contributed by atoms with E-state index in [1.54, 1.807) is 12.1 Å². The minimum absolute atomic E-state index is 0.108. The van der Waals surface area contributed by atoms with Crippen molar-refractivity contribution in [2.45, 2.75) is 13.0 Å². The fraction of sp³-hybridized carbons (Fsp3) is 0.615. The Morgan fingerprint density at radius 3 is 2.89 bits per heavy atom. The first-order valence-electron chi connectivity index (χ1n) is 6.59. The maximum absolute atomic E-state index is 12.1. The van der Waals surface area contributed by atoms with Crippen LogP contribution >= 0.6 is 0 Å². The van der Waals surface area contributed by atoms with Crippen molar-refractivity contribution in [3.63, 3.8) is 0 Å². The van der Waals surface area contributed by atoms with Gasteiger partial charge in [0.1, 0.15) is 11.6 Å². The normalized spacial score (nSPS) is 26.6. The summed E-state index contributed by atoms with van der Waals surface area (Å²) in [5.74, 6) is 2.40. The van der Waals surface area contributed by atoms with Crippen LogP contribution in [0.2, 0.25) is 0 Å². The van der Waals surface area contributed by atoms with E-state index in [1.807, 2.05) is 0 Å². The monoisotopic (exact) mass is 269 g/mol. The van der Waals surface area contributed by atoms with Gasteiger partial charge in [0.05, 0.1) is 6.20 Å². The fourth-order valence-corrected chi connectivity index (χ4v) is 2.98. The zero-order chi connectivity index (χ0) is 13.2. The first-order chi connectivity index (χ1) is 9.22. The Balaban J connectivity index is 1.65. The van der Waals surface area contributed by atoms with Crippen LogP contribution in [0.4, 0.5) is 14.6 Å². The van der Waals surface area contributed by atoms with E-state index in [0.717, 1.165) is 44.3 Å². The summed E-state index contributed by atoms with van der Waals surface area (Å²) in [6, 6.07) is 3.30. The SMILES string of the molecule is FC(F)Oc1ccc(N2CCC3CNCC3C2)nc1. The van der Waals surface area contributed by atoms with Crippen molar-refractivity contribution in [2.75, 3.05) is 31.1 Å². The van der Waals surface area contributed by atoms with Crippen molar-refractivity contribution in [2.24, 2.45) is 11.8 Å². The van der Waals surface area contributed by atoms with Gasteiger partial charge in [-0.1, -0.05) is 0 Å². The third-order valence-corrected chi connectivity index (χ3v) is 3.97. The van der Waals surface area contributed by atoms with Crippen molar-refractivity contribution in [3.05, 3.63) is 18.3 Å². The van der Waals surface area contributed by atoms with Crippen LogP contribution < -0.4 is 15.0 Å². The molecule has 4 nitrogen and oxygen atoms in total. The number of aromatic nitrogens is 1. The predicted octanol–water partition coefficient (Wildman–Crippen LogP) is 1.73. The summed E-state index contributed by atoms with van der Waals surface area (Å²) in [4.78, 5) is 6.44. The lowest BCUT2D eigenvalue weighted by Gasteiger charge is -2.35. The van der Waals surface area contributed by atoms with Crippen molar-refractivity contribution >= 4 is 5.82 Å². The first-order valence-corrected chi connectivity index (χ1v) is 6.59.